The van der Waals surface area contributed by atoms with E-state index in [1.165, 1.54) is 36.1 Å². The summed E-state index contributed by atoms with van der Waals surface area (Å²) < 4.78 is 0. The molecule has 58 valence electrons. The normalized spacial score (nSPS) is 22.1. The summed E-state index contributed by atoms with van der Waals surface area (Å²) in [5.74, 6) is 0. The van der Waals surface area contributed by atoms with Gasteiger partial charge in [-0.25, -0.2) is 0 Å². The molecule has 0 N–H and O–H groups in total. The highest BCUT2D eigenvalue weighted by atomic mass is 14.8. The maximum absolute atomic E-state index is 4.37. The van der Waals surface area contributed by atoms with Crippen molar-refractivity contribution in [2.24, 2.45) is 4.99 Å². The Bertz CT molecular complexity index is 256. The molecule has 0 atom stereocenters. The van der Waals surface area contributed by atoms with E-state index in [9.17, 15) is 0 Å². The van der Waals surface area contributed by atoms with Gasteiger partial charge in [0.2, 0.25) is 0 Å². The highest BCUT2D eigenvalue weighted by molar-refractivity contribution is 5.86. The van der Waals surface area contributed by atoms with Gasteiger partial charge in [0.05, 0.1) is 5.70 Å². The average molecular weight is 147 g/mol. The maximum Gasteiger partial charge on any atom is 0.0625 e. The largest absolute Gasteiger partial charge is 0.257 e. The van der Waals surface area contributed by atoms with Crippen LogP contribution in [-0.2, 0) is 0 Å². The smallest absolute Gasteiger partial charge is 0.0625 e. The summed E-state index contributed by atoms with van der Waals surface area (Å²) in [7, 11) is 0. The van der Waals surface area contributed by atoms with Gasteiger partial charge in [0.25, 0.3) is 0 Å². The van der Waals surface area contributed by atoms with Gasteiger partial charge >= 0.3 is 0 Å². The van der Waals surface area contributed by atoms with E-state index < -0.39 is 0 Å². The molecule has 0 aromatic heterocycles. The van der Waals surface area contributed by atoms with Crippen LogP contribution in [0.3, 0.4) is 0 Å². The summed E-state index contributed by atoms with van der Waals surface area (Å²) in [5.41, 5.74) is 4.22. The van der Waals surface area contributed by atoms with E-state index in [0.717, 1.165) is 6.42 Å². The van der Waals surface area contributed by atoms with Gasteiger partial charge in [-0.15, -0.1) is 0 Å². The van der Waals surface area contributed by atoms with Gasteiger partial charge < -0.3 is 0 Å². The summed E-state index contributed by atoms with van der Waals surface area (Å²) in [6.07, 6.45) is 9.20. The van der Waals surface area contributed by atoms with Crippen LogP contribution in [0.1, 0.15) is 32.6 Å². The van der Waals surface area contributed by atoms with E-state index in [1.54, 1.807) is 0 Å². The first-order chi connectivity index (χ1) is 5.42. The van der Waals surface area contributed by atoms with Crippen LogP contribution in [0.2, 0.25) is 0 Å². The second-order valence-electron chi connectivity index (χ2n) is 3.10. The number of fused-ring (bicyclic) bond motifs is 1. The van der Waals surface area contributed by atoms with Crippen LogP contribution in [0, 0.1) is 0 Å². The quantitative estimate of drug-likeness (QED) is 0.540. The Morgan fingerprint density at radius 2 is 2.45 bits per heavy atom. The van der Waals surface area contributed by atoms with Crippen molar-refractivity contribution in [2.75, 3.05) is 0 Å². The number of hydrogen-bond donors (Lipinski definition) is 0. The van der Waals surface area contributed by atoms with E-state index in [-0.39, 0.29) is 0 Å². The van der Waals surface area contributed by atoms with Crippen LogP contribution in [0.25, 0.3) is 0 Å². The molecule has 0 saturated heterocycles. The SMILES string of the molecule is CCC1=C2CCCC=C2N=C1. The summed E-state index contributed by atoms with van der Waals surface area (Å²) in [5, 5.41) is 0. The molecule has 0 aromatic rings. The molecule has 0 aromatic carbocycles. The van der Waals surface area contributed by atoms with Crippen LogP contribution < -0.4 is 0 Å². The summed E-state index contributed by atoms with van der Waals surface area (Å²) in [4.78, 5) is 4.37. The Kier molecular flexibility index (Phi) is 1.65. The van der Waals surface area contributed by atoms with Crippen LogP contribution in [0.4, 0.5) is 0 Å². The van der Waals surface area contributed by atoms with E-state index in [1.807, 2.05) is 6.21 Å². The predicted molar refractivity (Wildman–Crippen MR) is 47.7 cm³/mol. The molecule has 0 spiro atoms. The lowest BCUT2D eigenvalue weighted by atomic mass is 9.95. The van der Waals surface area contributed by atoms with Gasteiger partial charge in [0.15, 0.2) is 0 Å². The van der Waals surface area contributed by atoms with Crippen molar-refractivity contribution in [3.8, 4) is 0 Å². The molecular formula is C10H13N. The lowest BCUT2D eigenvalue weighted by Gasteiger charge is -2.10. The Labute approximate surface area is 67.5 Å². The molecule has 2 aliphatic rings. The first kappa shape index (κ1) is 6.84. The average Bonchev–Trinajstić information content (AvgIpc) is 2.47. The molecule has 2 rings (SSSR count). The third kappa shape index (κ3) is 1.05. The van der Waals surface area contributed by atoms with Crippen LogP contribution in [0.15, 0.2) is 27.9 Å². The Morgan fingerprint density at radius 3 is 3.27 bits per heavy atom. The fourth-order valence-electron chi connectivity index (χ4n) is 1.75. The first-order valence-corrected chi connectivity index (χ1v) is 4.38. The van der Waals surface area contributed by atoms with E-state index >= 15 is 0 Å². The molecule has 1 heteroatoms. The Balaban J connectivity index is 2.38. The van der Waals surface area contributed by atoms with Gasteiger partial charge in [-0.2, -0.15) is 0 Å². The molecule has 11 heavy (non-hydrogen) atoms. The first-order valence-electron chi connectivity index (χ1n) is 4.38. The minimum absolute atomic E-state index is 1.14. The Hall–Kier alpha value is -0.850. The Morgan fingerprint density at radius 1 is 1.55 bits per heavy atom. The molecule has 1 aliphatic heterocycles. The van der Waals surface area contributed by atoms with Crippen molar-refractivity contribution in [3.05, 3.63) is 22.9 Å². The predicted octanol–water partition coefficient (Wildman–Crippen LogP) is 2.85. The van der Waals surface area contributed by atoms with E-state index in [2.05, 4.69) is 18.0 Å². The zero-order chi connectivity index (χ0) is 7.68. The van der Waals surface area contributed by atoms with Crippen molar-refractivity contribution in [3.63, 3.8) is 0 Å². The van der Waals surface area contributed by atoms with Gasteiger partial charge in [-0.05, 0) is 36.8 Å². The van der Waals surface area contributed by atoms with Gasteiger partial charge in [0.1, 0.15) is 0 Å². The fourth-order valence-corrected chi connectivity index (χ4v) is 1.75. The number of nitrogens with zero attached hydrogens (tertiary/aromatic N) is 1. The molecule has 0 radical (unpaired) electrons. The lowest BCUT2D eigenvalue weighted by Crippen LogP contribution is -1.93. The van der Waals surface area contributed by atoms with Crippen molar-refractivity contribution in [1.82, 2.24) is 0 Å². The van der Waals surface area contributed by atoms with Crippen molar-refractivity contribution >= 4 is 6.21 Å². The van der Waals surface area contributed by atoms with Gasteiger partial charge in [-0.1, -0.05) is 13.0 Å². The van der Waals surface area contributed by atoms with Crippen LogP contribution in [0.5, 0.6) is 0 Å². The number of rotatable bonds is 1. The molecule has 0 saturated carbocycles. The van der Waals surface area contributed by atoms with Gasteiger partial charge in [0, 0.05) is 6.21 Å². The molecule has 0 fully saturated rings. The third-order valence-electron chi connectivity index (χ3n) is 2.41. The van der Waals surface area contributed by atoms with Crippen LogP contribution >= 0.6 is 0 Å². The zero-order valence-corrected chi connectivity index (χ0v) is 6.93. The van der Waals surface area contributed by atoms with Gasteiger partial charge in [-0.3, -0.25) is 4.99 Å². The van der Waals surface area contributed by atoms with Crippen molar-refractivity contribution in [1.29, 1.82) is 0 Å². The molecule has 0 amide bonds. The highest BCUT2D eigenvalue weighted by Crippen LogP contribution is 2.31. The number of allylic oxidation sites excluding steroid dienone is 3. The van der Waals surface area contributed by atoms with Crippen LogP contribution in [-0.4, -0.2) is 6.21 Å². The molecule has 1 nitrogen and oxygen atoms in total. The second kappa shape index (κ2) is 2.65. The minimum Gasteiger partial charge on any atom is -0.257 e. The molecule has 0 unspecified atom stereocenters. The van der Waals surface area contributed by atoms with Crippen molar-refractivity contribution in [2.45, 2.75) is 32.6 Å². The lowest BCUT2D eigenvalue weighted by molar-refractivity contribution is 0.795. The molecule has 1 aliphatic carbocycles. The second-order valence-corrected chi connectivity index (χ2v) is 3.10. The number of aliphatic imine (C=N–C) groups is 1. The van der Waals surface area contributed by atoms with Crippen molar-refractivity contribution < 1.29 is 0 Å². The summed E-state index contributed by atoms with van der Waals surface area (Å²) in [6, 6.07) is 0. The van der Waals surface area contributed by atoms with E-state index in [0.29, 0.717) is 0 Å². The molecule has 0 bridgehead atoms. The monoisotopic (exact) mass is 147 g/mol. The summed E-state index contributed by atoms with van der Waals surface area (Å²) in [6.45, 7) is 2.20. The number of hydrogen-bond acceptors (Lipinski definition) is 1. The zero-order valence-electron chi connectivity index (χ0n) is 6.93. The standard InChI is InChI=1S/C10H13N/c1-2-8-7-11-10-6-4-3-5-9(8)10/h6-7H,2-5H2,1H3. The fraction of sp³-hybridized carbons (Fsp3) is 0.500. The topological polar surface area (TPSA) is 12.4 Å². The molecular weight excluding hydrogens is 134 g/mol. The molecule has 1 heterocycles. The third-order valence-corrected chi connectivity index (χ3v) is 2.41. The summed E-state index contributed by atoms with van der Waals surface area (Å²) >= 11 is 0. The minimum atomic E-state index is 1.14. The highest BCUT2D eigenvalue weighted by Gasteiger charge is 2.16. The maximum atomic E-state index is 4.37. The van der Waals surface area contributed by atoms with E-state index in [4.69, 9.17) is 0 Å².